The number of fused-ring (bicyclic) bond motifs is 1. The van der Waals surface area contributed by atoms with Crippen molar-refractivity contribution in [1.82, 2.24) is 5.32 Å². The summed E-state index contributed by atoms with van der Waals surface area (Å²) >= 11 is 0. The molecule has 1 atom stereocenters. The summed E-state index contributed by atoms with van der Waals surface area (Å²) in [7, 11) is 0. The quantitative estimate of drug-likeness (QED) is 0.528. The van der Waals surface area contributed by atoms with E-state index in [9.17, 15) is 4.79 Å². The molecule has 2 aliphatic heterocycles. The van der Waals surface area contributed by atoms with Crippen LogP contribution in [0.15, 0.2) is 48.5 Å². The molecular weight excluding hydrogens is 376 g/mol. The molecule has 4 N–H and O–H groups in total. The SMILES string of the molecule is CC(=O)N1c2ccc(OC3CCNCC3)cc2CC1/C=C/c1cccc(C(=N)N)c1. The second-order valence-corrected chi connectivity index (χ2v) is 7.92. The number of hydrogen-bond donors (Lipinski definition) is 3. The molecule has 30 heavy (non-hydrogen) atoms. The third kappa shape index (κ3) is 4.39. The molecule has 2 heterocycles. The molecule has 1 saturated heterocycles. The number of nitrogen functional groups attached to an aromatic ring is 1. The summed E-state index contributed by atoms with van der Waals surface area (Å²) in [5.74, 6) is 0.945. The average molecular weight is 405 g/mol. The lowest BCUT2D eigenvalue weighted by Crippen LogP contribution is -2.34. The van der Waals surface area contributed by atoms with Gasteiger partial charge >= 0.3 is 0 Å². The highest BCUT2D eigenvalue weighted by molar-refractivity contribution is 5.96. The normalized spacial score (nSPS) is 19.1. The van der Waals surface area contributed by atoms with E-state index in [4.69, 9.17) is 15.9 Å². The molecule has 4 rings (SSSR count). The van der Waals surface area contributed by atoms with E-state index in [0.717, 1.165) is 54.9 Å². The van der Waals surface area contributed by atoms with Crippen LogP contribution in [0.3, 0.4) is 0 Å². The number of nitrogens with zero attached hydrogens (tertiary/aromatic N) is 1. The van der Waals surface area contributed by atoms with E-state index in [2.05, 4.69) is 11.4 Å². The van der Waals surface area contributed by atoms with Gasteiger partial charge in [-0.25, -0.2) is 0 Å². The lowest BCUT2D eigenvalue weighted by atomic mass is 10.1. The first-order chi connectivity index (χ1) is 14.5. The van der Waals surface area contributed by atoms with Crippen molar-refractivity contribution in [3.63, 3.8) is 0 Å². The van der Waals surface area contributed by atoms with E-state index < -0.39 is 0 Å². The lowest BCUT2D eigenvalue weighted by Gasteiger charge is -2.24. The third-order valence-electron chi connectivity index (χ3n) is 5.71. The summed E-state index contributed by atoms with van der Waals surface area (Å²) in [4.78, 5) is 14.2. The molecule has 0 aliphatic carbocycles. The van der Waals surface area contributed by atoms with Crippen molar-refractivity contribution in [3.8, 4) is 5.75 Å². The van der Waals surface area contributed by atoms with E-state index in [1.54, 1.807) is 6.92 Å². The maximum absolute atomic E-state index is 12.4. The highest BCUT2D eigenvalue weighted by Crippen LogP contribution is 2.36. The van der Waals surface area contributed by atoms with E-state index >= 15 is 0 Å². The van der Waals surface area contributed by atoms with Gasteiger partial charge in [0.25, 0.3) is 0 Å². The molecular formula is C24H28N4O2. The second-order valence-electron chi connectivity index (χ2n) is 7.92. The number of anilines is 1. The zero-order valence-electron chi connectivity index (χ0n) is 17.2. The minimum Gasteiger partial charge on any atom is -0.490 e. The number of nitrogens with two attached hydrogens (primary N) is 1. The molecule has 156 valence electrons. The molecule has 0 bridgehead atoms. The molecule has 0 aromatic heterocycles. The van der Waals surface area contributed by atoms with Crippen LogP contribution in [0.5, 0.6) is 5.75 Å². The van der Waals surface area contributed by atoms with E-state index in [1.807, 2.05) is 53.5 Å². The maximum atomic E-state index is 12.4. The molecule has 2 aliphatic rings. The Hall–Kier alpha value is -3.12. The van der Waals surface area contributed by atoms with Crippen molar-refractivity contribution in [1.29, 1.82) is 5.41 Å². The number of ether oxygens (including phenoxy) is 1. The zero-order valence-corrected chi connectivity index (χ0v) is 17.2. The van der Waals surface area contributed by atoms with Gasteiger partial charge in [-0.15, -0.1) is 0 Å². The van der Waals surface area contributed by atoms with Crippen LogP contribution in [0.4, 0.5) is 5.69 Å². The minimum absolute atomic E-state index is 0.0212. The van der Waals surface area contributed by atoms with Crippen LogP contribution in [-0.2, 0) is 11.2 Å². The third-order valence-corrected chi connectivity index (χ3v) is 5.71. The summed E-state index contributed by atoms with van der Waals surface area (Å²) in [5, 5.41) is 11.0. The predicted molar refractivity (Wildman–Crippen MR) is 120 cm³/mol. The number of amidine groups is 1. The van der Waals surface area contributed by atoms with Gasteiger partial charge in [-0.1, -0.05) is 30.4 Å². The fraction of sp³-hybridized carbons (Fsp3) is 0.333. The Morgan fingerprint density at radius 3 is 2.77 bits per heavy atom. The first kappa shape index (κ1) is 20.2. The van der Waals surface area contributed by atoms with Crippen molar-refractivity contribution < 1.29 is 9.53 Å². The number of hydrogen-bond acceptors (Lipinski definition) is 4. The second kappa shape index (κ2) is 8.71. The van der Waals surface area contributed by atoms with Crippen molar-refractivity contribution in [2.45, 2.75) is 38.3 Å². The molecule has 0 radical (unpaired) electrons. The van der Waals surface area contributed by atoms with Gasteiger partial charge in [0.15, 0.2) is 0 Å². The van der Waals surface area contributed by atoms with Crippen LogP contribution in [0, 0.1) is 5.41 Å². The molecule has 1 unspecified atom stereocenters. The summed E-state index contributed by atoms with van der Waals surface area (Å²) in [6.45, 7) is 3.59. The van der Waals surface area contributed by atoms with Gasteiger partial charge in [0.2, 0.25) is 5.91 Å². The van der Waals surface area contributed by atoms with Gasteiger partial charge in [-0.05, 0) is 67.7 Å². The van der Waals surface area contributed by atoms with Gasteiger partial charge in [0, 0.05) is 18.2 Å². The van der Waals surface area contributed by atoms with Crippen LogP contribution in [0.2, 0.25) is 0 Å². The summed E-state index contributed by atoms with van der Waals surface area (Å²) < 4.78 is 6.18. The summed E-state index contributed by atoms with van der Waals surface area (Å²) in [6.07, 6.45) is 7.07. The smallest absolute Gasteiger partial charge is 0.224 e. The molecule has 1 amide bonds. The number of carbonyl (C=O) groups excluding carboxylic acids is 1. The highest BCUT2D eigenvalue weighted by atomic mass is 16.5. The molecule has 6 nitrogen and oxygen atoms in total. The molecule has 6 heteroatoms. The van der Waals surface area contributed by atoms with Crippen LogP contribution >= 0.6 is 0 Å². The fourth-order valence-electron chi connectivity index (χ4n) is 4.22. The number of carbonyl (C=O) groups is 1. The highest BCUT2D eigenvalue weighted by Gasteiger charge is 2.31. The van der Waals surface area contributed by atoms with Crippen LogP contribution in [0.1, 0.15) is 36.5 Å². The maximum Gasteiger partial charge on any atom is 0.224 e. The van der Waals surface area contributed by atoms with E-state index in [-0.39, 0.29) is 23.9 Å². The Morgan fingerprint density at radius 1 is 1.23 bits per heavy atom. The average Bonchev–Trinajstić information content (AvgIpc) is 3.11. The van der Waals surface area contributed by atoms with Crippen molar-refractivity contribution in [3.05, 3.63) is 65.2 Å². The van der Waals surface area contributed by atoms with Gasteiger partial charge < -0.3 is 20.7 Å². The number of amides is 1. The van der Waals surface area contributed by atoms with Crippen LogP contribution in [0.25, 0.3) is 6.08 Å². The van der Waals surface area contributed by atoms with Gasteiger partial charge in [0.1, 0.15) is 17.7 Å². The van der Waals surface area contributed by atoms with Crippen LogP contribution < -0.4 is 20.7 Å². The predicted octanol–water partition coefficient (Wildman–Crippen LogP) is 3.09. The van der Waals surface area contributed by atoms with Crippen molar-refractivity contribution >= 4 is 23.5 Å². The minimum atomic E-state index is -0.0485. The summed E-state index contributed by atoms with van der Waals surface area (Å²) in [6, 6.07) is 13.5. The van der Waals surface area contributed by atoms with Crippen LogP contribution in [-0.4, -0.2) is 37.0 Å². The van der Waals surface area contributed by atoms with Crippen molar-refractivity contribution in [2.24, 2.45) is 5.73 Å². The number of benzene rings is 2. The first-order valence-electron chi connectivity index (χ1n) is 10.4. The fourth-order valence-corrected chi connectivity index (χ4v) is 4.22. The molecule has 2 aromatic carbocycles. The topological polar surface area (TPSA) is 91.4 Å². The van der Waals surface area contributed by atoms with Crippen molar-refractivity contribution in [2.75, 3.05) is 18.0 Å². The van der Waals surface area contributed by atoms with Gasteiger partial charge in [-0.3, -0.25) is 10.2 Å². The molecule has 2 aromatic rings. The monoisotopic (exact) mass is 404 g/mol. The zero-order chi connectivity index (χ0) is 21.1. The Labute approximate surface area is 177 Å². The lowest BCUT2D eigenvalue weighted by molar-refractivity contribution is -0.116. The van der Waals surface area contributed by atoms with Gasteiger partial charge in [-0.2, -0.15) is 0 Å². The summed E-state index contributed by atoms with van der Waals surface area (Å²) in [5.41, 5.74) is 9.32. The Bertz CT molecular complexity index is 979. The van der Waals surface area contributed by atoms with Gasteiger partial charge in [0.05, 0.1) is 6.04 Å². The molecule has 0 saturated carbocycles. The number of rotatable bonds is 5. The Kier molecular flexibility index (Phi) is 5.86. The Morgan fingerprint density at radius 2 is 2.03 bits per heavy atom. The first-order valence-corrected chi connectivity index (χ1v) is 10.4. The standard InChI is InChI=1S/C24H28N4O2/c1-16(29)28-20(6-5-17-3-2-4-18(13-17)24(25)26)14-19-15-22(7-8-23(19)28)30-21-9-11-27-12-10-21/h2-8,13,15,20-21,27H,9-12,14H2,1H3,(H3,25,26)/b6-5+. The Balaban J connectivity index is 1.53. The largest absolute Gasteiger partial charge is 0.490 e. The number of nitrogens with one attached hydrogen (secondary N) is 2. The number of piperidine rings is 1. The molecule has 0 spiro atoms. The van der Waals surface area contributed by atoms with E-state index in [1.165, 1.54) is 0 Å². The van der Waals surface area contributed by atoms with E-state index in [0.29, 0.717) is 5.56 Å². The molecule has 1 fully saturated rings.